The number of nitrogens with zero attached hydrogens (tertiary/aromatic N) is 1. The van der Waals surface area contributed by atoms with E-state index >= 15 is 0 Å². The minimum Gasteiger partial charge on any atom is -0.507 e. The van der Waals surface area contributed by atoms with Crippen molar-refractivity contribution in [3.05, 3.63) is 100 Å². The quantitative estimate of drug-likeness (QED) is 0.228. The van der Waals surface area contributed by atoms with Gasteiger partial charge < -0.3 is 25.7 Å². The summed E-state index contributed by atoms with van der Waals surface area (Å²) in [6, 6.07) is 14.2. The lowest BCUT2D eigenvalue weighted by Gasteiger charge is -2.25. The molecule has 3 rings (SSSR count). The molecule has 0 spiro atoms. The van der Waals surface area contributed by atoms with Gasteiger partial charge in [0, 0.05) is 37.8 Å². The zero-order valence-electron chi connectivity index (χ0n) is 23.8. The predicted octanol–water partition coefficient (Wildman–Crippen LogP) is 4.60. The van der Waals surface area contributed by atoms with Gasteiger partial charge in [0.25, 0.3) is 11.8 Å². The van der Waals surface area contributed by atoms with Crippen molar-refractivity contribution in [3.63, 3.8) is 0 Å². The van der Waals surface area contributed by atoms with Gasteiger partial charge in [0.1, 0.15) is 17.4 Å². The Hall–Kier alpha value is -3.82. The van der Waals surface area contributed by atoms with Crippen molar-refractivity contribution in [1.82, 2.24) is 15.5 Å². The van der Waals surface area contributed by atoms with Gasteiger partial charge in [-0.15, -0.1) is 0 Å². The summed E-state index contributed by atoms with van der Waals surface area (Å²) in [5, 5.41) is 27.4. The Kier molecular flexibility index (Phi) is 11.8. The monoisotopic (exact) mass is 567 g/mol. The van der Waals surface area contributed by atoms with E-state index < -0.39 is 35.6 Å². The van der Waals surface area contributed by atoms with E-state index in [4.69, 9.17) is 0 Å². The number of carbonyl (C=O) groups excluding carboxylic acids is 2. The van der Waals surface area contributed by atoms with E-state index in [0.717, 1.165) is 36.6 Å². The van der Waals surface area contributed by atoms with Crippen LogP contribution in [0.4, 0.5) is 8.78 Å². The molecule has 0 aliphatic heterocycles. The Labute approximate surface area is 240 Å². The summed E-state index contributed by atoms with van der Waals surface area (Å²) in [6.07, 6.45) is 0.476. The molecule has 0 saturated heterocycles. The average molecular weight is 568 g/mol. The van der Waals surface area contributed by atoms with Gasteiger partial charge in [0.2, 0.25) is 0 Å². The zero-order valence-corrected chi connectivity index (χ0v) is 23.8. The van der Waals surface area contributed by atoms with Gasteiger partial charge >= 0.3 is 0 Å². The van der Waals surface area contributed by atoms with Gasteiger partial charge in [-0.1, -0.05) is 38.1 Å². The lowest BCUT2D eigenvalue weighted by atomic mass is 9.99. The molecule has 41 heavy (non-hydrogen) atoms. The first-order valence-corrected chi connectivity index (χ1v) is 14.0. The summed E-state index contributed by atoms with van der Waals surface area (Å²) in [5.74, 6) is -2.77. The summed E-state index contributed by atoms with van der Waals surface area (Å²) >= 11 is 0. The molecule has 9 heteroatoms. The Morgan fingerprint density at radius 1 is 0.927 bits per heavy atom. The van der Waals surface area contributed by atoms with Crippen LogP contribution in [-0.4, -0.2) is 58.7 Å². The van der Waals surface area contributed by atoms with Crippen LogP contribution >= 0.6 is 0 Å². The molecule has 3 aromatic carbocycles. The van der Waals surface area contributed by atoms with Gasteiger partial charge in [-0.05, 0) is 73.2 Å². The Balaban J connectivity index is 1.79. The van der Waals surface area contributed by atoms with Crippen molar-refractivity contribution in [3.8, 4) is 5.75 Å². The number of hydrogen-bond acceptors (Lipinski definition) is 5. The summed E-state index contributed by atoms with van der Waals surface area (Å²) in [4.78, 5) is 27.9. The fourth-order valence-electron chi connectivity index (χ4n) is 4.68. The molecule has 0 fully saturated rings. The average Bonchev–Trinajstić information content (AvgIpc) is 2.95. The number of hydrogen-bond donors (Lipinski definition) is 4. The van der Waals surface area contributed by atoms with E-state index in [1.54, 1.807) is 4.90 Å². The molecule has 0 radical (unpaired) electrons. The second kappa shape index (κ2) is 15.3. The molecule has 2 atom stereocenters. The molecular weight excluding hydrogens is 528 g/mol. The van der Waals surface area contributed by atoms with Crippen LogP contribution in [0, 0.1) is 11.6 Å². The van der Waals surface area contributed by atoms with E-state index in [9.17, 15) is 28.6 Å². The number of rotatable bonds is 14. The maximum absolute atomic E-state index is 13.9. The van der Waals surface area contributed by atoms with Crippen molar-refractivity contribution < 1.29 is 28.6 Å². The Bertz CT molecular complexity index is 1310. The standard InChI is InChI=1S/C32H39F2N3O4/c1-4-12-37(6-3)32(41)27-17-24(10-11-29(27)38)31(40)36-28(16-23-14-25(33)18-26(34)15-23)30(39)20-35-19-22-9-7-8-21(5-2)13-22/h7-11,13-15,17-18,28,30,35,38-39H,4-6,12,16,19-20H2,1-3H3,(H,36,40)/t28-,30+/m0/s1. The number of aliphatic hydroxyl groups is 1. The van der Waals surface area contributed by atoms with Crippen LogP contribution in [0.5, 0.6) is 5.75 Å². The molecule has 3 aromatic rings. The molecule has 2 amide bonds. The number of benzene rings is 3. The van der Waals surface area contributed by atoms with Gasteiger partial charge in [-0.3, -0.25) is 9.59 Å². The van der Waals surface area contributed by atoms with Crippen LogP contribution in [0.3, 0.4) is 0 Å². The summed E-state index contributed by atoms with van der Waals surface area (Å²) < 4.78 is 27.8. The largest absolute Gasteiger partial charge is 0.507 e. The highest BCUT2D eigenvalue weighted by molar-refractivity contribution is 6.01. The Morgan fingerprint density at radius 3 is 2.29 bits per heavy atom. The molecule has 0 aliphatic carbocycles. The first kappa shape index (κ1) is 31.7. The molecule has 0 aromatic heterocycles. The SMILES string of the molecule is CCCN(CC)C(=O)c1cc(C(=O)N[C@@H](Cc2cc(F)cc(F)c2)[C@H](O)CNCc2cccc(CC)c2)ccc1O. The third-order valence-corrected chi connectivity index (χ3v) is 6.89. The third kappa shape index (κ3) is 9.09. The van der Waals surface area contributed by atoms with Gasteiger partial charge in [-0.25, -0.2) is 8.78 Å². The number of phenolic OH excluding ortho intramolecular Hbond substituents is 1. The molecule has 0 saturated carbocycles. The van der Waals surface area contributed by atoms with E-state index in [1.165, 1.54) is 23.8 Å². The summed E-state index contributed by atoms with van der Waals surface area (Å²) in [6.45, 7) is 7.35. The normalized spacial score (nSPS) is 12.5. The molecule has 4 N–H and O–H groups in total. The number of phenols is 1. The van der Waals surface area contributed by atoms with Crippen molar-refractivity contribution in [1.29, 1.82) is 0 Å². The second-order valence-electron chi connectivity index (χ2n) is 10.1. The number of aryl methyl sites for hydroxylation is 1. The number of aliphatic hydroxyl groups excluding tert-OH is 1. The molecule has 0 aliphatic rings. The molecular formula is C32H39F2N3O4. The fraction of sp³-hybridized carbons (Fsp3) is 0.375. The summed E-state index contributed by atoms with van der Waals surface area (Å²) in [7, 11) is 0. The molecule has 0 unspecified atom stereocenters. The highest BCUT2D eigenvalue weighted by Crippen LogP contribution is 2.21. The van der Waals surface area contributed by atoms with Gasteiger partial charge in [0.05, 0.1) is 17.7 Å². The van der Waals surface area contributed by atoms with E-state index in [0.29, 0.717) is 19.6 Å². The topological polar surface area (TPSA) is 102 Å². The minimum atomic E-state index is -1.11. The van der Waals surface area contributed by atoms with E-state index in [2.05, 4.69) is 23.6 Å². The molecule has 220 valence electrons. The minimum absolute atomic E-state index is 0.00627. The zero-order chi connectivity index (χ0) is 29.9. The van der Waals surface area contributed by atoms with Gasteiger partial charge in [-0.2, -0.15) is 0 Å². The van der Waals surface area contributed by atoms with E-state index in [-0.39, 0.29) is 35.4 Å². The lowest BCUT2D eigenvalue weighted by Crippen LogP contribution is -2.48. The van der Waals surface area contributed by atoms with Crippen LogP contribution in [0.25, 0.3) is 0 Å². The number of amides is 2. The predicted molar refractivity (Wildman–Crippen MR) is 155 cm³/mol. The molecule has 0 bridgehead atoms. The van der Waals surface area contributed by atoms with Crippen molar-refractivity contribution in [2.24, 2.45) is 0 Å². The number of carbonyl (C=O) groups is 2. The summed E-state index contributed by atoms with van der Waals surface area (Å²) in [5.41, 5.74) is 2.59. The molecule has 7 nitrogen and oxygen atoms in total. The van der Waals surface area contributed by atoms with Crippen LogP contribution < -0.4 is 10.6 Å². The first-order valence-electron chi connectivity index (χ1n) is 14.0. The van der Waals surface area contributed by atoms with E-state index in [1.807, 2.05) is 32.0 Å². The maximum Gasteiger partial charge on any atom is 0.257 e. The van der Waals surface area contributed by atoms with Crippen molar-refractivity contribution in [2.75, 3.05) is 19.6 Å². The van der Waals surface area contributed by atoms with Crippen LogP contribution in [0.15, 0.2) is 60.7 Å². The third-order valence-electron chi connectivity index (χ3n) is 6.89. The smallest absolute Gasteiger partial charge is 0.257 e. The second-order valence-corrected chi connectivity index (χ2v) is 10.1. The van der Waals surface area contributed by atoms with Gasteiger partial charge in [0.15, 0.2) is 0 Å². The Morgan fingerprint density at radius 2 is 1.63 bits per heavy atom. The maximum atomic E-state index is 13.9. The van der Waals surface area contributed by atoms with Crippen molar-refractivity contribution >= 4 is 11.8 Å². The number of halogens is 2. The van der Waals surface area contributed by atoms with Crippen molar-refractivity contribution in [2.45, 2.75) is 58.7 Å². The number of aromatic hydroxyl groups is 1. The first-order chi connectivity index (χ1) is 19.6. The fourth-order valence-corrected chi connectivity index (χ4v) is 4.68. The number of nitrogens with one attached hydrogen (secondary N) is 2. The van der Waals surface area contributed by atoms with Crippen LogP contribution in [0.2, 0.25) is 0 Å². The lowest BCUT2D eigenvalue weighted by molar-refractivity contribution is 0.0761. The molecule has 0 heterocycles. The highest BCUT2D eigenvalue weighted by atomic mass is 19.1. The van der Waals surface area contributed by atoms with Crippen LogP contribution in [-0.2, 0) is 19.4 Å². The van der Waals surface area contributed by atoms with Crippen LogP contribution in [0.1, 0.15) is 64.6 Å². The highest BCUT2D eigenvalue weighted by Gasteiger charge is 2.25.